The first-order valence-corrected chi connectivity index (χ1v) is 11.9. The molecule has 35 heavy (non-hydrogen) atoms. The van der Waals surface area contributed by atoms with E-state index in [1.807, 2.05) is 37.3 Å². The number of hydrogen-bond donors (Lipinski definition) is 0. The molecule has 0 N–H and O–H groups in total. The third-order valence-corrected chi connectivity index (χ3v) is 6.16. The van der Waals surface area contributed by atoms with E-state index in [9.17, 15) is 0 Å². The van der Waals surface area contributed by atoms with Crippen molar-refractivity contribution in [1.29, 1.82) is 0 Å². The number of hydrogen-bond acceptors (Lipinski definition) is 1. The molecule has 170 valence electrons. The summed E-state index contributed by atoms with van der Waals surface area (Å²) < 4.78 is 2.28. The fourth-order valence-corrected chi connectivity index (χ4v) is 4.45. The lowest BCUT2D eigenvalue weighted by atomic mass is 10.0. The molecule has 0 aliphatic heterocycles. The summed E-state index contributed by atoms with van der Waals surface area (Å²) in [6.07, 6.45) is 8.01. The Balaban J connectivity index is 1.88. The number of rotatable bonds is 6. The molecule has 0 saturated carbocycles. The van der Waals surface area contributed by atoms with Gasteiger partial charge in [-0.15, -0.1) is 0 Å². The Morgan fingerprint density at radius 3 is 2.14 bits per heavy atom. The van der Waals surface area contributed by atoms with Crippen molar-refractivity contribution in [1.82, 2.24) is 9.55 Å². The molecule has 0 spiro atoms. The average Bonchev–Trinajstić information content (AvgIpc) is 3.30. The highest BCUT2D eigenvalue weighted by molar-refractivity contribution is 5.89. The molecule has 1 aromatic heterocycles. The topological polar surface area (TPSA) is 17.8 Å². The SMILES string of the molecule is C=C/C(=C\C=C/C)c1nc(-c2ccccc2)n(-c2ccc3cc(C)ccc3c2)c1-c1ccccc1. The summed E-state index contributed by atoms with van der Waals surface area (Å²) in [5.41, 5.74) is 7.44. The van der Waals surface area contributed by atoms with Gasteiger partial charge in [0.1, 0.15) is 5.82 Å². The molecule has 2 nitrogen and oxygen atoms in total. The fraction of sp³-hybridized carbons (Fsp3) is 0.0606. The molecule has 5 aromatic rings. The summed E-state index contributed by atoms with van der Waals surface area (Å²) >= 11 is 0. The molecule has 0 unspecified atom stereocenters. The quantitative estimate of drug-likeness (QED) is 0.235. The van der Waals surface area contributed by atoms with Crippen molar-refractivity contribution < 1.29 is 0 Å². The Bertz CT molecular complexity index is 1550. The van der Waals surface area contributed by atoms with Gasteiger partial charge in [-0.1, -0.05) is 121 Å². The second kappa shape index (κ2) is 9.82. The van der Waals surface area contributed by atoms with Crippen molar-refractivity contribution in [2.45, 2.75) is 13.8 Å². The summed E-state index contributed by atoms with van der Waals surface area (Å²) in [4.78, 5) is 5.24. The van der Waals surface area contributed by atoms with Crippen LogP contribution in [0.5, 0.6) is 0 Å². The maximum atomic E-state index is 5.24. The maximum absolute atomic E-state index is 5.24. The second-order valence-corrected chi connectivity index (χ2v) is 8.59. The molecule has 1 heterocycles. The van der Waals surface area contributed by atoms with Gasteiger partial charge in [-0.3, -0.25) is 4.57 Å². The monoisotopic (exact) mass is 452 g/mol. The van der Waals surface area contributed by atoms with E-state index in [0.717, 1.165) is 39.6 Å². The van der Waals surface area contributed by atoms with Gasteiger partial charge in [0.05, 0.1) is 11.4 Å². The van der Waals surface area contributed by atoms with Gasteiger partial charge in [0.2, 0.25) is 0 Å². The zero-order chi connectivity index (χ0) is 24.2. The Hall–Kier alpha value is -4.43. The Morgan fingerprint density at radius 1 is 0.800 bits per heavy atom. The van der Waals surface area contributed by atoms with E-state index in [1.54, 1.807) is 0 Å². The van der Waals surface area contributed by atoms with Crippen LogP contribution in [0.3, 0.4) is 0 Å². The van der Waals surface area contributed by atoms with Gasteiger partial charge in [0.15, 0.2) is 0 Å². The summed E-state index contributed by atoms with van der Waals surface area (Å²) in [5.74, 6) is 0.902. The molecule has 0 atom stereocenters. The summed E-state index contributed by atoms with van der Waals surface area (Å²) in [7, 11) is 0. The number of imidazole rings is 1. The number of allylic oxidation sites excluding steroid dienone is 5. The van der Waals surface area contributed by atoms with Crippen LogP contribution in [0.4, 0.5) is 0 Å². The average molecular weight is 453 g/mol. The Labute approximate surface area is 207 Å². The molecular formula is C33H28N2. The standard InChI is InChI=1S/C33H28N2/c1-4-6-13-25(5-2)31-32(26-14-9-7-10-15-26)35(33(34-31)27-16-11-8-12-17-27)30-21-20-28-22-24(3)18-19-29(28)23-30/h4-23H,2H2,1,3H3/b6-4-,25-13+. The molecule has 5 rings (SSSR count). The van der Waals surface area contributed by atoms with E-state index < -0.39 is 0 Å². The molecule has 2 heteroatoms. The number of benzene rings is 4. The van der Waals surface area contributed by atoms with E-state index in [2.05, 4.69) is 109 Å². The first-order valence-electron chi connectivity index (χ1n) is 11.9. The highest BCUT2D eigenvalue weighted by Gasteiger charge is 2.22. The lowest BCUT2D eigenvalue weighted by Crippen LogP contribution is -2.01. The third-order valence-electron chi connectivity index (χ3n) is 6.16. The zero-order valence-electron chi connectivity index (χ0n) is 20.1. The van der Waals surface area contributed by atoms with Crippen molar-refractivity contribution in [3.63, 3.8) is 0 Å². The van der Waals surface area contributed by atoms with Gasteiger partial charge in [-0.05, 0) is 36.8 Å². The first-order chi connectivity index (χ1) is 17.2. The largest absolute Gasteiger partial charge is 0.292 e. The van der Waals surface area contributed by atoms with Gasteiger partial charge < -0.3 is 0 Å². The second-order valence-electron chi connectivity index (χ2n) is 8.59. The van der Waals surface area contributed by atoms with E-state index in [1.165, 1.54) is 16.3 Å². The van der Waals surface area contributed by atoms with E-state index in [4.69, 9.17) is 4.98 Å². The molecule has 0 aliphatic rings. The highest BCUT2D eigenvalue weighted by atomic mass is 15.1. The lowest BCUT2D eigenvalue weighted by Gasteiger charge is -2.15. The molecule has 0 bridgehead atoms. The van der Waals surface area contributed by atoms with Crippen LogP contribution in [0.25, 0.3) is 44.7 Å². The minimum Gasteiger partial charge on any atom is -0.292 e. The molecule has 0 radical (unpaired) electrons. The van der Waals surface area contributed by atoms with Crippen LogP contribution >= 0.6 is 0 Å². The molecular weight excluding hydrogens is 424 g/mol. The van der Waals surface area contributed by atoms with Gasteiger partial charge in [0, 0.05) is 22.4 Å². The first kappa shape index (κ1) is 22.4. The smallest absolute Gasteiger partial charge is 0.145 e. The number of aryl methyl sites for hydroxylation is 1. The molecule has 0 amide bonds. The van der Waals surface area contributed by atoms with Crippen LogP contribution in [0.15, 0.2) is 128 Å². The zero-order valence-corrected chi connectivity index (χ0v) is 20.1. The highest BCUT2D eigenvalue weighted by Crippen LogP contribution is 2.37. The lowest BCUT2D eigenvalue weighted by molar-refractivity contribution is 1.08. The summed E-state index contributed by atoms with van der Waals surface area (Å²) in [5, 5.41) is 2.44. The summed E-state index contributed by atoms with van der Waals surface area (Å²) in [6, 6.07) is 34.1. The number of fused-ring (bicyclic) bond motifs is 1. The fourth-order valence-electron chi connectivity index (χ4n) is 4.45. The minimum absolute atomic E-state index is 0.902. The predicted molar refractivity (Wildman–Crippen MR) is 150 cm³/mol. The van der Waals surface area contributed by atoms with E-state index in [-0.39, 0.29) is 0 Å². The Morgan fingerprint density at radius 2 is 1.46 bits per heavy atom. The van der Waals surface area contributed by atoms with Gasteiger partial charge in [0.25, 0.3) is 0 Å². The van der Waals surface area contributed by atoms with Crippen molar-refractivity contribution in [2.75, 3.05) is 0 Å². The predicted octanol–water partition coefficient (Wildman–Crippen LogP) is 8.81. The van der Waals surface area contributed by atoms with Crippen molar-refractivity contribution >= 4 is 16.3 Å². The van der Waals surface area contributed by atoms with E-state index >= 15 is 0 Å². The normalized spacial score (nSPS) is 11.9. The molecule has 0 aliphatic carbocycles. The maximum Gasteiger partial charge on any atom is 0.145 e. The Kier molecular flexibility index (Phi) is 6.28. The van der Waals surface area contributed by atoms with Gasteiger partial charge in [-0.25, -0.2) is 4.98 Å². The van der Waals surface area contributed by atoms with Gasteiger partial charge >= 0.3 is 0 Å². The van der Waals surface area contributed by atoms with Crippen LogP contribution in [0.1, 0.15) is 18.2 Å². The molecule has 0 fully saturated rings. The number of nitrogens with zero attached hydrogens (tertiary/aromatic N) is 2. The molecule has 4 aromatic carbocycles. The van der Waals surface area contributed by atoms with Crippen LogP contribution in [0.2, 0.25) is 0 Å². The van der Waals surface area contributed by atoms with Crippen LogP contribution in [0, 0.1) is 6.92 Å². The van der Waals surface area contributed by atoms with Crippen LogP contribution in [-0.4, -0.2) is 9.55 Å². The van der Waals surface area contributed by atoms with Crippen molar-refractivity contribution in [2.24, 2.45) is 0 Å². The van der Waals surface area contributed by atoms with Crippen LogP contribution < -0.4 is 0 Å². The van der Waals surface area contributed by atoms with Gasteiger partial charge in [-0.2, -0.15) is 0 Å². The number of aromatic nitrogens is 2. The van der Waals surface area contributed by atoms with Crippen molar-refractivity contribution in [3.8, 4) is 28.3 Å². The van der Waals surface area contributed by atoms with Crippen LogP contribution in [-0.2, 0) is 0 Å². The van der Waals surface area contributed by atoms with Crippen molar-refractivity contribution in [3.05, 3.63) is 139 Å². The minimum atomic E-state index is 0.902. The van der Waals surface area contributed by atoms with E-state index in [0.29, 0.717) is 0 Å². The summed E-state index contributed by atoms with van der Waals surface area (Å²) in [6.45, 7) is 8.25. The third kappa shape index (κ3) is 4.39. The molecule has 0 saturated heterocycles.